The van der Waals surface area contributed by atoms with Gasteiger partial charge >= 0.3 is 0 Å². The molecule has 4 rings (SSSR count). The van der Waals surface area contributed by atoms with Gasteiger partial charge in [0.05, 0.1) is 0 Å². The summed E-state index contributed by atoms with van der Waals surface area (Å²) in [5, 5.41) is 0.815. The topological polar surface area (TPSA) is 9.72 Å². The predicted molar refractivity (Wildman–Crippen MR) is 119 cm³/mol. The lowest BCUT2D eigenvalue weighted by molar-refractivity contribution is 0.152. The summed E-state index contributed by atoms with van der Waals surface area (Å²) >= 11 is 6.01. The van der Waals surface area contributed by atoms with E-state index >= 15 is 0 Å². The average Bonchev–Trinajstić information content (AvgIpc) is 2.75. The quantitative estimate of drug-likeness (QED) is 0.714. The summed E-state index contributed by atoms with van der Waals surface area (Å²) in [7, 11) is 0. The number of hydrogen-bond donors (Lipinski definition) is 0. The maximum atomic E-state index is 6.01. The Morgan fingerprint density at radius 2 is 1.32 bits per heavy atom. The second-order valence-corrected chi connectivity index (χ2v) is 8.72. The van der Waals surface area contributed by atoms with Crippen molar-refractivity contribution in [2.24, 2.45) is 5.92 Å². The number of rotatable bonds is 6. The summed E-state index contributed by atoms with van der Waals surface area (Å²) in [6, 6.07) is 19.2. The lowest BCUT2D eigenvalue weighted by atomic mass is 9.90. The SMILES string of the molecule is Clc1ccc(N2CCN(CCN3CCC(Cc4ccccc4)CC3)CC2)cc1. The van der Waals surface area contributed by atoms with Gasteiger partial charge in [0.1, 0.15) is 0 Å². The van der Waals surface area contributed by atoms with Gasteiger partial charge in [0.15, 0.2) is 0 Å². The third kappa shape index (κ3) is 5.50. The summed E-state index contributed by atoms with van der Waals surface area (Å²) in [6.45, 7) is 9.50. The van der Waals surface area contributed by atoms with Crippen molar-refractivity contribution in [1.29, 1.82) is 0 Å². The smallest absolute Gasteiger partial charge is 0.0407 e. The fraction of sp³-hybridized carbons (Fsp3) is 0.500. The first-order valence-corrected chi connectivity index (χ1v) is 11.1. The summed E-state index contributed by atoms with van der Waals surface area (Å²) in [5.41, 5.74) is 2.80. The molecule has 0 saturated carbocycles. The van der Waals surface area contributed by atoms with E-state index in [1.54, 1.807) is 0 Å². The van der Waals surface area contributed by atoms with E-state index in [0.29, 0.717) is 0 Å². The third-order valence-corrected chi connectivity index (χ3v) is 6.62. The molecule has 2 aliphatic heterocycles. The van der Waals surface area contributed by atoms with Crippen LogP contribution in [0, 0.1) is 5.92 Å². The number of piperidine rings is 1. The third-order valence-electron chi connectivity index (χ3n) is 6.37. The van der Waals surface area contributed by atoms with Crippen LogP contribution in [-0.4, -0.2) is 62.2 Å². The first kappa shape index (κ1) is 19.8. The van der Waals surface area contributed by atoms with E-state index in [-0.39, 0.29) is 0 Å². The molecule has 0 unspecified atom stereocenters. The molecule has 4 heteroatoms. The first-order valence-electron chi connectivity index (χ1n) is 10.8. The van der Waals surface area contributed by atoms with E-state index in [2.05, 4.69) is 57.2 Å². The number of anilines is 1. The van der Waals surface area contributed by atoms with E-state index < -0.39 is 0 Å². The maximum absolute atomic E-state index is 6.01. The fourth-order valence-electron chi connectivity index (χ4n) is 4.53. The van der Waals surface area contributed by atoms with Gasteiger partial charge in [-0.2, -0.15) is 0 Å². The molecule has 3 nitrogen and oxygen atoms in total. The second-order valence-electron chi connectivity index (χ2n) is 8.28. The molecule has 2 aromatic carbocycles. The van der Waals surface area contributed by atoms with E-state index in [1.165, 1.54) is 56.7 Å². The van der Waals surface area contributed by atoms with Crippen molar-refractivity contribution in [2.45, 2.75) is 19.3 Å². The van der Waals surface area contributed by atoms with Gasteiger partial charge in [0.2, 0.25) is 0 Å². The van der Waals surface area contributed by atoms with Crippen LogP contribution < -0.4 is 4.90 Å². The van der Waals surface area contributed by atoms with Crippen LogP contribution in [0.3, 0.4) is 0 Å². The van der Waals surface area contributed by atoms with Crippen LogP contribution >= 0.6 is 11.6 Å². The normalized spacial score (nSPS) is 19.8. The van der Waals surface area contributed by atoms with Gasteiger partial charge in [-0.05, 0) is 68.1 Å². The Bertz CT molecular complexity index is 702. The van der Waals surface area contributed by atoms with Gasteiger partial charge in [-0.1, -0.05) is 41.9 Å². The monoisotopic (exact) mass is 397 g/mol. The highest BCUT2D eigenvalue weighted by Gasteiger charge is 2.21. The Hall–Kier alpha value is -1.55. The lowest BCUT2D eigenvalue weighted by Gasteiger charge is -2.38. The Balaban J connectivity index is 1.14. The molecule has 0 bridgehead atoms. The zero-order valence-electron chi connectivity index (χ0n) is 16.8. The van der Waals surface area contributed by atoms with Crippen molar-refractivity contribution in [2.75, 3.05) is 57.3 Å². The summed E-state index contributed by atoms with van der Waals surface area (Å²) in [6.07, 6.45) is 3.94. The standard InChI is InChI=1S/C24H32ClN3/c25-23-6-8-24(9-7-23)28-18-16-27(17-19-28)15-14-26-12-10-22(11-13-26)20-21-4-2-1-3-5-21/h1-9,22H,10-20H2. The number of nitrogens with zero attached hydrogens (tertiary/aromatic N) is 3. The van der Waals surface area contributed by atoms with Crippen molar-refractivity contribution in [3.8, 4) is 0 Å². The number of hydrogen-bond acceptors (Lipinski definition) is 3. The second kappa shape index (κ2) is 9.78. The van der Waals surface area contributed by atoms with Gasteiger partial charge < -0.3 is 9.80 Å². The van der Waals surface area contributed by atoms with E-state index in [9.17, 15) is 0 Å². The summed E-state index contributed by atoms with van der Waals surface area (Å²) < 4.78 is 0. The van der Waals surface area contributed by atoms with Crippen molar-refractivity contribution >= 4 is 17.3 Å². The van der Waals surface area contributed by atoms with Crippen molar-refractivity contribution in [1.82, 2.24) is 9.80 Å². The zero-order valence-corrected chi connectivity index (χ0v) is 17.5. The van der Waals surface area contributed by atoms with Crippen LogP contribution in [0.15, 0.2) is 54.6 Å². The molecule has 0 atom stereocenters. The first-order chi connectivity index (χ1) is 13.8. The number of benzene rings is 2. The molecule has 2 saturated heterocycles. The number of halogens is 1. The Morgan fingerprint density at radius 3 is 1.96 bits per heavy atom. The van der Waals surface area contributed by atoms with E-state index in [4.69, 9.17) is 11.6 Å². The summed E-state index contributed by atoms with van der Waals surface area (Å²) in [5.74, 6) is 0.863. The molecule has 150 valence electrons. The van der Waals surface area contributed by atoms with Crippen LogP contribution in [0.2, 0.25) is 5.02 Å². The minimum Gasteiger partial charge on any atom is -0.369 e. The maximum Gasteiger partial charge on any atom is 0.0407 e. The molecule has 28 heavy (non-hydrogen) atoms. The molecule has 2 fully saturated rings. The molecular formula is C24H32ClN3. The predicted octanol–water partition coefficient (Wildman–Crippen LogP) is 4.42. The minimum atomic E-state index is 0.815. The van der Waals surface area contributed by atoms with Crippen LogP contribution in [0.25, 0.3) is 0 Å². The van der Waals surface area contributed by atoms with Gasteiger partial charge in [0, 0.05) is 50.0 Å². The van der Waals surface area contributed by atoms with Gasteiger partial charge in [0.25, 0.3) is 0 Å². The molecule has 2 aliphatic rings. The van der Waals surface area contributed by atoms with Gasteiger partial charge in [-0.25, -0.2) is 0 Å². The van der Waals surface area contributed by atoms with Crippen LogP contribution in [0.1, 0.15) is 18.4 Å². The highest BCUT2D eigenvalue weighted by molar-refractivity contribution is 6.30. The molecule has 0 aromatic heterocycles. The molecular weight excluding hydrogens is 366 g/mol. The van der Waals surface area contributed by atoms with Crippen molar-refractivity contribution in [3.63, 3.8) is 0 Å². The van der Waals surface area contributed by atoms with Crippen LogP contribution in [0.4, 0.5) is 5.69 Å². The molecule has 0 N–H and O–H groups in total. The van der Waals surface area contributed by atoms with Crippen molar-refractivity contribution in [3.05, 3.63) is 65.2 Å². The molecule has 0 spiro atoms. The van der Waals surface area contributed by atoms with E-state index in [1.807, 2.05) is 12.1 Å². The zero-order chi connectivity index (χ0) is 19.2. The van der Waals surface area contributed by atoms with Crippen LogP contribution in [0.5, 0.6) is 0 Å². The molecule has 2 aromatic rings. The Labute approximate surface area is 174 Å². The average molecular weight is 398 g/mol. The summed E-state index contributed by atoms with van der Waals surface area (Å²) in [4.78, 5) is 7.78. The largest absolute Gasteiger partial charge is 0.369 e. The lowest BCUT2D eigenvalue weighted by Crippen LogP contribution is -2.49. The van der Waals surface area contributed by atoms with Crippen LogP contribution in [-0.2, 0) is 6.42 Å². The molecule has 2 heterocycles. The Kier molecular flexibility index (Phi) is 6.90. The fourth-order valence-corrected chi connectivity index (χ4v) is 4.65. The molecule has 0 radical (unpaired) electrons. The van der Waals surface area contributed by atoms with Gasteiger partial charge in [-0.3, -0.25) is 4.90 Å². The highest BCUT2D eigenvalue weighted by Crippen LogP contribution is 2.22. The highest BCUT2D eigenvalue weighted by atomic mass is 35.5. The minimum absolute atomic E-state index is 0.815. The molecule has 0 amide bonds. The number of piperazine rings is 1. The van der Waals surface area contributed by atoms with Crippen molar-refractivity contribution < 1.29 is 0 Å². The Morgan fingerprint density at radius 1 is 0.714 bits per heavy atom. The van der Waals surface area contributed by atoms with E-state index in [0.717, 1.165) is 37.1 Å². The number of likely N-dealkylation sites (tertiary alicyclic amines) is 1. The van der Waals surface area contributed by atoms with Gasteiger partial charge in [-0.15, -0.1) is 0 Å². The molecule has 0 aliphatic carbocycles.